The fraction of sp³-hybridized carbons (Fsp3) is 0.120. The fourth-order valence-corrected chi connectivity index (χ4v) is 5.35. The van der Waals surface area contributed by atoms with Crippen LogP contribution in [0, 0.1) is 6.92 Å². The van der Waals surface area contributed by atoms with E-state index in [9.17, 15) is 18.0 Å². The van der Waals surface area contributed by atoms with E-state index in [0.717, 1.165) is 27.7 Å². The van der Waals surface area contributed by atoms with Crippen LogP contribution in [0.2, 0.25) is 0 Å². The van der Waals surface area contributed by atoms with Gasteiger partial charge in [-0.15, -0.1) is 4.83 Å². The quantitative estimate of drug-likeness (QED) is 0.373. The molecule has 0 aliphatic carbocycles. The van der Waals surface area contributed by atoms with Gasteiger partial charge in [0, 0.05) is 27.7 Å². The maximum atomic E-state index is 13.3. The Hall–Kier alpha value is -3.95. The Morgan fingerprint density at radius 2 is 1.65 bits per heavy atom. The van der Waals surface area contributed by atoms with Gasteiger partial charge in [-0.25, -0.2) is 8.42 Å². The zero-order valence-corrected chi connectivity index (χ0v) is 19.1. The molecule has 4 aromatic rings. The summed E-state index contributed by atoms with van der Waals surface area (Å²) in [6.45, 7) is 1.61. The number of H-pyrrole nitrogens is 1. The number of hydrogen-bond donors (Lipinski definition) is 3. The summed E-state index contributed by atoms with van der Waals surface area (Å²) in [5, 5.41) is 0.963. The van der Waals surface area contributed by atoms with Crippen LogP contribution >= 0.6 is 0 Å². The van der Waals surface area contributed by atoms with Gasteiger partial charge >= 0.3 is 0 Å². The first-order valence-electron chi connectivity index (χ1n) is 10.7. The molecule has 1 unspecified atom stereocenters. The smallest absolute Gasteiger partial charge is 0.257 e. The Labute approximate surface area is 196 Å². The van der Waals surface area contributed by atoms with Crippen LogP contribution in [-0.4, -0.2) is 36.7 Å². The minimum absolute atomic E-state index is 0.0206. The first kappa shape index (κ1) is 21.9. The van der Waals surface area contributed by atoms with Crippen LogP contribution in [-0.2, 0) is 14.8 Å². The lowest BCUT2D eigenvalue weighted by atomic mass is 9.95. The van der Waals surface area contributed by atoms with Gasteiger partial charge in [-0.05, 0) is 36.8 Å². The third-order valence-corrected chi connectivity index (χ3v) is 7.23. The van der Waals surface area contributed by atoms with Gasteiger partial charge in [0.1, 0.15) is 6.54 Å². The first-order valence-corrected chi connectivity index (χ1v) is 12.2. The Morgan fingerprint density at radius 3 is 2.44 bits per heavy atom. The zero-order valence-electron chi connectivity index (χ0n) is 18.3. The van der Waals surface area contributed by atoms with Crippen molar-refractivity contribution < 1.29 is 18.0 Å². The van der Waals surface area contributed by atoms with Crippen LogP contribution in [0.3, 0.4) is 0 Å². The van der Waals surface area contributed by atoms with Crippen molar-refractivity contribution in [2.45, 2.75) is 17.9 Å². The predicted octanol–water partition coefficient (Wildman–Crippen LogP) is 3.03. The van der Waals surface area contributed by atoms with Gasteiger partial charge in [0.15, 0.2) is 0 Å². The Bertz CT molecular complexity index is 1510. The second kappa shape index (κ2) is 8.44. The van der Waals surface area contributed by atoms with Gasteiger partial charge in [-0.1, -0.05) is 54.6 Å². The zero-order chi connectivity index (χ0) is 23.9. The van der Waals surface area contributed by atoms with E-state index >= 15 is 0 Å². The summed E-state index contributed by atoms with van der Waals surface area (Å²) in [6, 6.07) is 22.3. The molecule has 0 spiro atoms. The van der Waals surface area contributed by atoms with Crippen molar-refractivity contribution >= 4 is 32.7 Å². The van der Waals surface area contributed by atoms with Crippen molar-refractivity contribution in [3.8, 4) is 0 Å². The minimum atomic E-state index is -3.94. The summed E-state index contributed by atoms with van der Waals surface area (Å²) in [4.78, 5) is 33.1. The summed E-state index contributed by atoms with van der Waals surface area (Å²) in [5.41, 5.74) is 6.30. The van der Waals surface area contributed by atoms with Gasteiger partial charge in [0.25, 0.3) is 21.8 Å². The van der Waals surface area contributed by atoms with E-state index in [1.807, 2.05) is 43.3 Å². The number of carbonyl (C=O) groups is 2. The van der Waals surface area contributed by atoms with Crippen LogP contribution in [0.1, 0.15) is 33.2 Å². The highest BCUT2D eigenvalue weighted by Crippen LogP contribution is 2.42. The number of aryl methyl sites for hydroxylation is 1. The summed E-state index contributed by atoms with van der Waals surface area (Å²) in [5.74, 6) is -0.936. The van der Waals surface area contributed by atoms with Crippen LogP contribution < -0.4 is 10.3 Å². The van der Waals surface area contributed by atoms with Crippen LogP contribution in [0.15, 0.2) is 83.8 Å². The van der Waals surface area contributed by atoms with E-state index in [2.05, 4.69) is 15.2 Å². The van der Waals surface area contributed by atoms with Gasteiger partial charge in [-0.3, -0.25) is 15.0 Å². The molecule has 34 heavy (non-hydrogen) atoms. The Balaban J connectivity index is 1.45. The number of benzene rings is 3. The van der Waals surface area contributed by atoms with Gasteiger partial charge in [0.2, 0.25) is 0 Å². The predicted molar refractivity (Wildman–Crippen MR) is 127 cm³/mol. The van der Waals surface area contributed by atoms with Gasteiger partial charge in [0.05, 0.1) is 10.9 Å². The molecule has 2 amide bonds. The van der Waals surface area contributed by atoms with Gasteiger partial charge < -0.3 is 9.88 Å². The standard InChI is InChI=1S/C25H22N4O4S/c1-16-23(20-13-7-8-14-21(20)26-16)24-18-11-5-6-12-19(18)25(31)29(24)15-22(30)27-28-34(32,33)17-9-3-2-4-10-17/h2-14,24,26,28H,15H2,1H3,(H,27,30). The SMILES string of the molecule is Cc1[nH]c2ccccc2c1C1c2ccccc2C(=O)N1CC(=O)NNS(=O)(=O)c1ccccc1. The summed E-state index contributed by atoms with van der Waals surface area (Å²) in [6.07, 6.45) is 0. The third kappa shape index (κ3) is 3.74. The topological polar surface area (TPSA) is 111 Å². The molecule has 1 aliphatic rings. The third-order valence-electron chi connectivity index (χ3n) is 5.97. The van der Waals surface area contributed by atoms with Crippen LogP contribution in [0.25, 0.3) is 10.9 Å². The lowest BCUT2D eigenvalue weighted by Gasteiger charge is -2.25. The average Bonchev–Trinajstić information content (AvgIpc) is 3.31. The largest absolute Gasteiger partial charge is 0.358 e. The maximum absolute atomic E-state index is 13.3. The summed E-state index contributed by atoms with van der Waals surface area (Å²) in [7, 11) is -3.94. The van der Waals surface area contributed by atoms with E-state index in [-0.39, 0.29) is 17.3 Å². The number of hydrazine groups is 1. The number of nitrogens with zero attached hydrogens (tertiary/aromatic N) is 1. The van der Waals surface area contributed by atoms with E-state index in [1.165, 1.54) is 17.0 Å². The van der Waals surface area contributed by atoms with Crippen molar-refractivity contribution in [1.82, 2.24) is 20.1 Å². The number of para-hydroxylation sites is 1. The minimum Gasteiger partial charge on any atom is -0.358 e. The molecule has 1 aliphatic heterocycles. The number of rotatable bonds is 6. The summed E-state index contributed by atoms with van der Waals surface area (Å²) < 4.78 is 24.9. The molecule has 8 nitrogen and oxygen atoms in total. The number of hydrogen-bond acceptors (Lipinski definition) is 4. The highest BCUT2D eigenvalue weighted by Gasteiger charge is 2.40. The van der Waals surface area contributed by atoms with E-state index in [1.54, 1.807) is 30.3 Å². The normalized spacial score (nSPS) is 15.5. The highest BCUT2D eigenvalue weighted by atomic mass is 32.2. The molecule has 2 heterocycles. The average molecular weight is 475 g/mol. The number of nitrogens with one attached hydrogen (secondary N) is 3. The van der Waals surface area contributed by atoms with E-state index in [4.69, 9.17) is 0 Å². The molecular weight excluding hydrogens is 452 g/mol. The van der Waals surface area contributed by atoms with Crippen LogP contribution in [0.5, 0.6) is 0 Å². The molecule has 0 saturated carbocycles. The van der Waals surface area contributed by atoms with Crippen molar-refractivity contribution in [1.29, 1.82) is 0 Å². The number of carbonyl (C=O) groups excluding carboxylic acids is 2. The molecule has 5 rings (SSSR count). The Kier molecular flexibility index (Phi) is 5.43. The highest BCUT2D eigenvalue weighted by molar-refractivity contribution is 7.89. The summed E-state index contributed by atoms with van der Waals surface area (Å²) >= 11 is 0. The second-order valence-corrected chi connectivity index (χ2v) is 9.78. The van der Waals surface area contributed by atoms with Gasteiger partial charge in [-0.2, -0.15) is 0 Å². The first-order chi connectivity index (χ1) is 16.4. The molecule has 0 fully saturated rings. The second-order valence-electron chi connectivity index (χ2n) is 8.10. The van der Waals surface area contributed by atoms with Crippen molar-refractivity contribution in [3.63, 3.8) is 0 Å². The maximum Gasteiger partial charge on any atom is 0.257 e. The molecule has 1 atom stereocenters. The molecule has 3 aromatic carbocycles. The number of aromatic amines is 1. The van der Waals surface area contributed by atoms with E-state index in [0.29, 0.717) is 5.56 Å². The molecule has 0 bridgehead atoms. The fourth-order valence-electron chi connectivity index (χ4n) is 4.47. The lowest BCUT2D eigenvalue weighted by molar-refractivity contribution is -0.122. The molecule has 0 radical (unpaired) electrons. The van der Waals surface area contributed by atoms with E-state index < -0.39 is 22.0 Å². The molecule has 9 heteroatoms. The van der Waals surface area contributed by atoms with Crippen LogP contribution in [0.4, 0.5) is 0 Å². The molecule has 1 aromatic heterocycles. The lowest BCUT2D eigenvalue weighted by Crippen LogP contribution is -2.47. The van der Waals surface area contributed by atoms with Crippen molar-refractivity contribution in [3.05, 3.63) is 101 Å². The number of fused-ring (bicyclic) bond motifs is 2. The molecule has 172 valence electrons. The monoisotopic (exact) mass is 474 g/mol. The van der Waals surface area contributed by atoms with Crippen molar-refractivity contribution in [2.24, 2.45) is 0 Å². The number of sulfonamides is 1. The number of amides is 2. The molecular formula is C25H22N4O4S. The van der Waals surface area contributed by atoms with Crippen molar-refractivity contribution in [2.75, 3.05) is 6.54 Å². The molecule has 3 N–H and O–H groups in total. The number of aromatic nitrogens is 1. The molecule has 0 saturated heterocycles. The Morgan fingerprint density at radius 1 is 0.971 bits per heavy atom.